The molecule has 1 aromatic heterocycles. The number of sulfonamides is 1. The van der Waals surface area contributed by atoms with Gasteiger partial charge in [-0.25, -0.2) is 13.4 Å². The zero-order valence-corrected chi connectivity index (χ0v) is 27.3. The van der Waals surface area contributed by atoms with Crippen molar-refractivity contribution in [3.8, 4) is 11.6 Å². The molecule has 4 aliphatic rings. The Labute approximate surface area is 269 Å². The number of aromatic nitrogens is 1. The molecule has 2 aliphatic heterocycles. The second kappa shape index (κ2) is 12.5. The zero-order chi connectivity index (χ0) is 32.8. The minimum absolute atomic E-state index is 0.0969. The Kier molecular flexibility index (Phi) is 8.75. The highest BCUT2D eigenvalue weighted by Gasteiger charge is 2.62. The number of benzene rings is 1. The third-order valence-electron chi connectivity index (χ3n) is 9.89. The molecule has 6 rings (SSSR count). The monoisotopic (exact) mass is 653 g/mol. The van der Waals surface area contributed by atoms with Gasteiger partial charge in [-0.1, -0.05) is 26.0 Å². The molecule has 4 N–H and O–H groups in total. The molecule has 12 nitrogen and oxygen atoms in total. The van der Waals surface area contributed by atoms with Crippen molar-refractivity contribution in [2.75, 3.05) is 13.7 Å². The van der Waals surface area contributed by atoms with E-state index in [1.165, 1.54) is 4.90 Å². The number of nitrogens with one attached hydrogen (secondary N) is 2. The van der Waals surface area contributed by atoms with Crippen LogP contribution in [-0.2, 0) is 24.4 Å². The van der Waals surface area contributed by atoms with Crippen molar-refractivity contribution in [3.63, 3.8) is 0 Å². The first-order valence-electron chi connectivity index (χ1n) is 16.1. The molecule has 13 heteroatoms. The lowest BCUT2D eigenvalue weighted by Gasteiger charge is -2.30. The van der Waals surface area contributed by atoms with E-state index in [4.69, 9.17) is 15.2 Å². The average Bonchev–Trinajstić information content (AvgIpc) is 3.95. The van der Waals surface area contributed by atoms with Gasteiger partial charge >= 0.3 is 0 Å². The standard InChI is InChI=1S/C33H43N5O7S/c1-19-6-4-5-7-22-17-33(22,32(41)37-46(42,43)25-9-10-25)36-29(39)27-16-24(18-38(27)31(40)28(34)20(2)14-19)45-30-26-11-8-23(44-3)15-21(26)12-13-35-30/h5,7-8,11-13,15,19-20,22,24-25,27-28H,4,6,9-10,14,16-18,34H2,1-3H3,(H,36,39)(H,37,41)/t19-,20-,22-,24-,27+,28+,33-/m1/s1. The number of carbonyl (C=O) groups is 3. The lowest BCUT2D eigenvalue weighted by atomic mass is 9.88. The Morgan fingerprint density at radius 2 is 1.93 bits per heavy atom. The number of nitrogens with two attached hydrogens (primary N) is 1. The van der Waals surface area contributed by atoms with Crippen LogP contribution in [0.3, 0.4) is 0 Å². The number of fused-ring (bicyclic) bond motifs is 3. The highest BCUT2D eigenvalue weighted by molar-refractivity contribution is 7.91. The zero-order valence-electron chi connectivity index (χ0n) is 26.5. The summed E-state index contributed by atoms with van der Waals surface area (Å²) in [6, 6.07) is 5.55. The summed E-state index contributed by atoms with van der Waals surface area (Å²) in [5, 5.41) is 3.91. The Bertz CT molecular complexity index is 1660. The van der Waals surface area contributed by atoms with Crippen molar-refractivity contribution in [1.82, 2.24) is 19.9 Å². The van der Waals surface area contributed by atoms with Gasteiger partial charge in [-0.05, 0) is 80.0 Å². The number of nitrogens with zero attached hydrogens (tertiary/aromatic N) is 2. The normalized spacial score (nSPS) is 32.0. The van der Waals surface area contributed by atoms with Crippen LogP contribution in [0.15, 0.2) is 42.6 Å². The number of allylic oxidation sites excluding steroid dienone is 1. The maximum absolute atomic E-state index is 14.1. The summed E-state index contributed by atoms with van der Waals surface area (Å²) in [6.07, 6.45) is 8.69. The number of rotatable bonds is 6. The second-order valence-electron chi connectivity index (χ2n) is 13.5. The minimum Gasteiger partial charge on any atom is -0.497 e. The Hall–Kier alpha value is -3.71. The van der Waals surface area contributed by atoms with E-state index in [1.54, 1.807) is 13.3 Å². The van der Waals surface area contributed by atoms with Crippen molar-refractivity contribution >= 4 is 38.5 Å². The van der Waals surface area contributed by atoms with E-state index >= 15 is 0 Å². The van der Waals surface area contributed by atoms with Crippen molar-refractivity contribution in [3.05, 3.63) is 42.6 Å². The smallest absolute Gasteiger partial charge is 0.259 e. The Morgan fingerprint density at radius 3 is 2.67 bits per heavy atom. The van der Waals surface area contributed by atoms with E-state index in [0.29, 0.717) is 30.4 Å². The van der Waals surface area contributed by atoms with Crippen LogP contribution in [-0.4, -0.2) is 78.7 Å². The summed E-state index contributed by atoms with van der Waals surface area (Å²) in [6.45, 7) is 4.17. The molecule has 46 heavy (non-hydrogen) atoms. The van der Waals surface area contributed by atoms with Crippen LogP contribution in [0.4, 0.5) is 0 Å². The Morgan fingerprint density at radius 1 is 1.15 bits per heavy atom. The lowest BCUT2D eigenvalue weighted by molar-refractivity contribution is -0.141. The second-order valence-corrected chi connectivity index (χ2v) is 15.4. The number of methoxy groups -OCH3 is 1. The molecule has 0 spiro atoms. The van der Waals surface area contributed by atoms with Gasteiger partial charge in [-0.15, -0.1) is 0 Å². The maximum atomic E-state index is 14.1. The van der Waals surface area contributed by atoms with Gasteiger partial charge in [0.2, 0.25) is 27.7 Å². The average molecular weight is 654 g/mol. The van der Waals surface area contributed by atoms with Crippen LogP contribution in [0.2, 0.25) is 0 Å². The van der Waals surface area contributed by atoms with Gasteiger partial charge in [0.25, 0.3) is 5.91 Å². The van der Waals surface area contributed by atoms with Crippen LogP contribution in [0.1, 0.15) is 58.8 Å². The van der Waals surface area contributed by atoms with E-state index in [1.807, 2.05) is 43.3 Å². The van der Waals surface area contributed by atoms with E-state index in [2.05, 4.69) is 21.9 Å². The topological polar surface area (TPSA) is 170 Å². The number of hydrogen-bond acceptors (Lipinski definition) is 9. The fourth-order valence-electron chi connectivity index (χ4n) is 6.82. The highest BCUT2D eigenvalue weighted by Crippen LogP contribution is 2.46. The summed E-state index contributed by atoms with van der Waals surface area (Å²) in [5.74, 6) is -0.821. The third kappa shape index (κ3) is 6.44. The Balaban J connectivity index is 1.29. The summed E-state index contributed by atoms with van der Waals surface area (Å²) >= 11 is 0. The predicted octanol–water partition coefficient (Wildman–Crippen LogP) is 2.41. The molecule has 2 aromatic rings. The molecule has 2 saturated carbocycles. The molecule has 0 unspecified atom stereocenters. The minimum atomic E-state index is -3.83. The van der Waals surface area contributed by atoms with Crippen molar-refractivity contribution in [2.45, 2.75) is 87.8 Å². The van der Waals surface area contributed by atoms with Gasteiger partial charge in [0.15, 0.2) is 0 Å². The third-order valence-corrected chi connectivity index (χ3v) is 11.7. The molecule has 0 bridgehead atoms. The van der Waals surface area contributed by atoms with Crippen molar-refractivity contribution in [1.29, 1.82) is 0 Å². The van der Waals surface area contributed by atoms with Gasteiger partial charge < -0.3 is 25.4 Å². The van der Waals surface area contributed by atoms with Gasteiger partial charge in [-0.2, -0.15) is 0 Å². The van der Waals surface area contributed by atoms with Crippen LogP contribution >= 0.6 is 0 Å². The first kappa shape index (κ1) is 32.2. The molecule has 248 valence electrons. The van der Waals surface area contributed by atoms with Crippen LogP contribution in [0.5, 0.6) is 11.6 Å². The summed E-state index contributed by atoms with van der Waals surface area (Å²) in [4.78, 5) is 47.5. The number of pyridine rings is 1. The number of hydrogen-bond donors (Lipinski definition) is 3. The van der Waals surface area contributed by atoms with E-state index in [0.717, 1.165) is 30.0 Å². The van der Waals surface area contributed by atoms with Gasteiger partial charge in [0, 0.05) is 23.9 Å². The van der Waals surface area contributed by atoms with E-state index in [-0.39, 0.29) is 37.1 Å². The quantitative estimate of drug-likeness (QED) is 0.396. The van der Waals surface area contributed by atoms with Gasteiger partial charge in [0.05, 0.1) is 24.9 Å². The maximum Gasteiger partial charge on any atom is 0.259 e. The first-order valence-corrected chi connectivity index (χ1v) is 17.7. The van der Waals surface area contributed by atoms with Crippen LogP contribution in [0, 0.1) is 17.8 Å². The largest absolute Gasteiger partial charge is 0.497 e. The summed E-state index contributed by atoms with van der Waals surface area (Å²) in [7, 11) is -2.24. The molecule has 3 fully saturated rings. The fraction of sp³-hybridized carbons (Fsp3) is 0.576. The van der Waals surface area contributed by atoms with Crippen molar-refractivity contribution in [2.24, 2.45) is 23.5 Å². The first-order chi connectivity index (χ1) is 21.9. The molecular formula is C33H43N5O7S. The van der Waals surface area contributed by atoms with Gasteiger partial charge in [0.1, 0.15) is 23.4 Å². The molecule has 1 aromatic carbocycles. The SMILES string of the molecule is COc1ccc2c(O[C@@H]3C[C@H]4C(=O)N[C@]5(C(=O)NS(=O)(=O)C6CC6)C[C@H]5C=CCC[C@@H](C)C[C@@H](C)[C@H](N)C(=O)N4C3)nccc2c1. The number of carbonyl (C=O) groups excluding carboxylic acids is 3. The van der Waals surface area contributed by atoms with E-state index < -0.39 is 50.8 Å². The highest BCUT2D eigenvalue weighted by atomic mass is 32.2. The summed E-state index contributed by atoms with van der Waals surface area (Å²) < 4.78 is 39.3. The molecule has 2 aliphatic carbocycles. The predicted molar refractivity (Wildman–Crippen MR) is 171 cm³/mol. The molecule has 0 radical (unpaired) electrons. The van der Waals surface area contributed by atoms with Crippen molar-refractivity contribution < 1.29 is 32.3 Å². The molecular weight excluding hydrogens is 610 g/mol. The summed E-state index contributed by atoms with van der Waals surface area (Å²) in [5.41, 5.74) is 5.12. The van der Waals surface area contributed by atoms with Crippen LogP contribution in [0.25, 0.3) is 10.8 Å². The van der Waals surface area contributed by atoms with Crippen LogP contribution < -0.4 is 25.2 Å². The molecule has 3 amide bonds. The molecule has 1 saturated heterocycles. The fourth-order valence-corrected chi connectivity index (χ4v) is 8.19. The van der Waals surface area contributed by atoms with E-state index in [9.17, 15) is 22.8 Å². The lowest BCUT2D eigenvalue weighted by Crippen LogP contribution is -2.58. The number of amides is 3. The number of ether oxygens (including phenoxy) is 2. The molecule has 7 atom stereocenters. The molecule has 3 heterocycles. The van der Waals surface area contributed by atoms with Gasteiger partial charge in [-0.3, -0.25) is 19.1 Å².